The molecule has 1 amide bonds. The number of aromatic hydroxyl groups is 1. The van der Waals surface area contributed by atoms with Crippen LogP contribution in [-0.2, 0) is 4.74 Å². The zero-order valence-electron chi connectivity index (χ0n) is 9.14. The molecule has 86 valence electrons. The van der Waals surface area contributed by atoms with Gasteiger partial charge >= 0.3 is 0 Å². The number of methoxy groups -OCH3 is 1. The van der Waals surface area contributed by atoms with Gasteiger partial charge in [-0.25, -0.2) is 0 Å². The van der Waals surface area contributed by atoms with Crippen LogP contribution in [0.5, 0.6) is 5.75 Å². The third-order valence-electron chi connectivity index (χ3n) is 2.87. The van der Waals surface area contributed by atoms with Gasteiger partial charge in [0.05, 0.1) is 6.10 Å². The van der Waals surface area contributed by atoms with Gasteiger partial charge in [0.1, 0.15) is 5.75 Å². The molecule has 0 atom stereocenters. The highest BCUT2D eigenvalue weighted by molar-refractivity contribution is 5.94. The molecule has 0 unspecified atom stereocenters. The Morgan fingerprint density at radius 3 is 2.88 bits per heavy atom. The summed E-state index contributed by atoms with van der Waals surface area (Å²) in [5.74, 6) is -0.0357. The van der Waals surface area contributed by atoms with Crippen molar-refractivity contribution >= 4 is 5.91 Å². The average Bonchev–Trinajstić information content (AvgIpc) is 2.22. The van der Waals surface area contributed by atoms with E-state index in [1.54, 1.807) is 25.3 Å². The second kappa shape index (κ2) is 4.53. The summed E-state index contributed by atoms with van der Waals surface area (Å²) in [4.78, 5) is 11.7. The fourth-order valence-corrected chi connectivity index (χ4v) is 1.79. The Bertz CT molecular complexity index is 386. The molecule has 0 saturated heterocycles. The van der Waals surface area contributed by atoms with E-state index in [2.05, 4.69) is 5.32 Å². The first-order valence-electron chi connectivity index (χ1n) is 5.31. The quantitative estimate of drug-likeness (QED) is 0.808. The molecule has 0 spiro atoms. The zero-order chi connectivity index (χ0) is 11.5. The molecular formula is C12H15NO3. The smallest absolute Gasteiger partial charge is 0.251 e. The van der Waals surface area contributed by atoms with Gasteiger partial charge in [0, 0.05) is 18.7 Å². The fraction of sp³-hybridized carbons (Fsp3) is 0.417. The van der Waals surface area contributed by atoms with Gasteiger partial charge in [-0.05, 0) is 31.0 Å². The van der Waals surface area contributed by atoms with Crippen molar-refractivity contribution in [3.8, 4) is 5.75 Å². The molecule has 1 fully saturated rings. The van der Waals surface area contributed by atoms with Crippen molar-refractivity contribution < 1.29 is 14.6 Å². The van der Waals surface area contributed by atoms with E-state index in [0.717, 1.165) is 12.8 Å². The Kier molecular flexibility index (Phi) is 3.10. The summed E-state index contributed by atoms with van der Waals surface area (Å²) in [5, 5.41) is 12.1. The molecule has 1 saturated carbocycles. The molecule has 0 aliphatic heterocycles. The molecule has 4 nitrogen and oxygen atoms in total. The lowest BCUT2D eigenvalue weighted by molar-refractivity contribution is 0.0176. The lowest BCUT2D eigenvalue weighted by Crippen LogP contribution is -2.47. The number of carbonyl (C=O) groups excluding carboxylic acids is 1. The number of ether oxygens (including phenoxy) is 1. The van der Waals surface area contributed by atoms with Crippen LogP contribution in [0.4, 0.5) is 0 Å². The van der Waals surface area contributed by atoms with Crippen LogP contribution in [0.25, 0.3) is 0 Å². The number of phenols is 1. The standard InChI is InChI=1S/C12H15NO3/c1-16-11-6-9(7-11)13-12(15)8-3-2-4-10(14)5-8/h2-5,9,11,14H,6-7H2,1H3,(H,13,15). The molecule has 2 rings (SSSR count). The van der Waals surface area contributed by atoms with Crippen LogP contribution >= 0.6 is 0 Å². The monoisotopic (exact) mass is 221 g/mol. The maximum Gasteiger partial charge on any atom is 0.251 e. The number of hydrogen-bond donors (Lipinski definition) is 2. The third kappa shape index (κ3) is 2.33. The van der Waals surface area contributed by atoms with Crippen molar-refractivity contribution in [2.24, 2.45) is 0 Å². The number of rotatable bonds is 3. The van der Waals surface area contributed by atoms with Crippen LogP contribution in [-0.4, -0.2) is 30.3 Å². The third-order valence-corrected chi connectivity index (χ3v) is 2.87. The van der Waals surface area contributed by atoms with E-state index < -0.39 is 0 Å². The van der Waals surface area contributed by atoms with Crippen molar-refractivity contribution in [2.45, 2.75) is 25.0 Å². The number of carbonyl (C=O) groups is 1. The molecule has 1 aromatic carbocycles. The minimum absolute atomic E-state index is 0.107. The molecular weight excluding hydrogens is 206 g/mol. The fourth-order valence-electron chi connectivity index (χ4n) is 1.79. The van der Waals surface area contributed by atoms with Crippen molar-refractivity contribution in [1.29, 1.82) is 0 Å². The van der Waals surface area contributed by atoms with Crippen molar-refractivity contribution in [3.63, 3.8) is 0 Å². The topological polar surface area (TPSA) is 58.6 Å². The molecule has 0 bridgehead atoms. The second-order valence-corrected chi connectivity index (χ2v) is 4.05. The van der Waals surface area contributed by atoms with E-state index in [9.17, 15) is 9.90 Å². The summed E-state index contributed by atoms with van der Waals surface area (Å²) in [7, 11) is 1.68. The summed E-state index contributed by atoms with van der Waals surface area (Å²) in [6.07, 6.45) is 2.00. The minimum atomic E-state index is -0.143. The lowest BCUT2D eigenvalue weighted by Gasteiger charge is -2.34. The first kappa shape index (κ1) is 11.0. The van der Waals surface area contributed by atoms with Gasteiger partial charge in [0.25, 0.3) is 5.91 Å². The molecule has 1 aliphatic carbocycles. The summed E-state index contributed by atoms with van der Waals surface area (Å²) in [5.41, 5.74) is 0.487. The predicted octanol–water partition coefficient (Wildman–Crippen LogP) is 1.30. The van der Waals surface area contributed by atoms with Gasteiger partial charge in [-0.3, -0.25) is 4.79 Å². The van der Waals surface area contributed by atoms with Crippen LogP contribution in [0.15, 0.2) is 24.3 Å². The average molecular weight is 221 g/mol. The van der Waals surface area contributed by atoms with E-state index in [1.807, 2.05) is 0 Å². The van der Waals surface area contributed by atoms with Crippen LogP contribution in [0.2, 0.25) is 0 Å². The second-order valence-electron chi connectivity index (χ2n) is 4.05. The van der Waals surface area contributed by atoms with Crippen LogP contribution in [0.3, 0.4) is 0 Å². The summed E-state index contributed by atoms with van der Waals surface area (Å²) in [6.45, 7) is 0. The normalized spacial score (nSPS) is 23.6. The predicted molar refractivity (Wildman–Crippen MR) is 59.4 cm³/mol. The minimum Gasteiger partial charge on any atom is -0.508 e. The molecule has 0 heterocycles. The van der Waals surface area contributed by atoms with E-state index in [1.165, 1.54) is 6.07 Å². The molecule has 16 heavy (non-hydrogen) atoms. The van der Waals surface area contributed by atoms with Crippen molar-refractivity contribution in [1.82, 2.24) is 5.32 Å². The van der Waals surface area contributed by atoms with Gasteiger partial charge in [-0.1, -0.05) is 6.07 Å². The van der Waals surface area contributed by atoms with E-state index in [-0.39, 0.29) is 23.8 Å². The Morgan fingerprint density at radius 1 is 1.50 bits per heavy atom. The van der Waals surface area contributed by atoms with E-state index in [4.69, 9.17) is 4.74 Å². The van der Waals surface area contributed by atoms with E-state index in [0.29, 0.717) is 5.56 Å². The van der Waals surface area contributed by atoms with Gasteiger partial charge < -0.3 is 15.2 Å². The number of phenolic OH excluding ortho intramolecular Hbond substituents is 1. The Labute approximate surface area is 94.2 Å². The molecule has 1 aliphatic rings. The lowest BCUT2D eigenvalue weighted by atomic mass is 9.89. The first-order valence-corrected chi connectivity index (χ1v) is 5.31. The maximum atomic E-state index is 11.7. The number of benzene rings is 1. The van der Waals surface area contributed by atoms with Crippen LogP contribution < -0.4 is 5.32 Å². The molecule has 0 aromatic heterocycles. The number of hydrogen-bond acceptors (Lipinski definition) is 3. The van der Waals surface area contributed by atoms with Gasteiger partial charge in [-0.2, -0.15) is 0 Å². The molecule has 1 aromatic rings. The summed E-state index contributed by atoms with van der Waals surface area (Å²) < 4.78 is 5.13. The number of nitrogens with one attached hydrogen (secondary N) is 1. The zero-order valence-corrected chi connectivity index (χ0v) is 9.14. The summed E-state index contributed by atoms with van der Waals surface area (Å²) in [6, 6.07) is 6.53. The van der Waals surface area contributed by atoms with Crippen molar-refractivity contribution in [2.75, 3.05) is 7.11 Å². The highest BCUT2D eigenvalue weighted by Crippen LogP contribution is 2.23. The Hall–Kier alpha value is -1.55. The van der Waals surface area contributed by atoms with Gasteiger partial charge in [0.15, 0.2) is 0 Å². The molecule has 0 radical (unpaired) electrons. The first-order chi connectivity index (χ1) is 7.69. The summed E-state index contributed by atoms with van der Waals surface area (Å²) >= 11 is 0. The highest BCUT2D eigenvalue weighted by Gasteiger charge is 2.30. The SMILES string of the molecule is COC1CC(NC(=O)c2cccc(O)c2)C1. The van der Waals surface area contributed by atoms with Gasteiger partial charge in [-0.15, -0.1) is 0 Å². The Morgan fingerprint density at radius 2 is 2.25 bits per heavy atom. The molecule has 4 heteroatoms. The maximum absolute atomic E-state index is 11.7. The Balaban J connectivity index is 1.89. The van der Waals surface area contributed by atoms with Gasteiger partial charge in [0.2, 0.25) is 0 Å². The van der Waals surface area contributed by atoms with Crippen LogP contribution in [0, 0.1) is 0 Å². The number of amides is 1. The highest BCUT2D eigenvalue weighted by atomic mass is 16.5. The largest absolute Gasteiger partial charge is 0.508 e. The van der Waals surface area contributed by atoms with E-state index >= 15 is 0 Å². The van der Waals surface area contributed by atoms with Crippen molar-refractivity contribution in [3.05, 3.63) is 29.8 Å². The molecule has 2 N–H and O–H groups in total. The van der Waals surface area contributed by atoms with Crippen LogP contribution in [0.1, 0.15) is 23.2 Å².